The number of hydrogen-bond acceptors (Lipinski definition) is 5. The molecule has 0 unspecified atom stereocenters. The first kappa shape index (κ1) is 15.1. The summed E-state index contributed by atoms with van der Waals surface area (Å²) < 4.78 is 7.18. The van der Waals surface area contributed by atoms with Gasteiger partial charge in [-0.25, -0.2) is 4.98 Å². The minimum absolute atomic E-state index is 0.0190. The molecule has 0 bridgehead atoms. The Morgan fingerprint density at radius 2 is 2.29 bits per heavy atom. The highest BCUT2D eigenvalue weighted by Gasteiger charge is 2.21. The second-order valence-corrected chi connectivity index (χ2v) is 6.42. The van der Waals surface area contributed by atoms with Crippen molar-refractivity contribution >= 4 is 10.9 Å². The van der Waals surface area contributed by atoms with E-state index in [-0.39, 0.29) is 5.56 Å². The number of aromatic nitrogens is 3. The van der Waals surface area contributed by atoms with Crippen LogP contribution in [0, 0.1) is 5.92 Å². The van der Waals surface area contributed by atoms with Crippen molar-refractivity contribution in [1.82, 2.24) is 19.4 Å². The molecule has 1 aliphatic heterocycles. The van der Waals surface area contributed by atoms with E-state index in [0.29, 0.717) is 23.4 Å². The summed E-state index contributed by atoms with van der Waals surface area (Å²) in [4.78, 5) is 23.4. The molecule has 0 aromatic carbocycles. The van der Waals surface area contributed by atoms with Crippen molar-refractivity contribution in [3.05, 3.63) is 59.3 Å². The number of rotatable bonds is 4. The molecule has 1 atom stereocenters. The fourth-order valence-corrected chi connectivity index (χ4v) is 3.48. The predicted molar refractivity (Wildman–Crippen MR) is 90.5 cm³/mol. The van der Waals surface area contributed by atoms with Crippen LogP contribution < -0.4 is 5.56 Å². The number of likely N-dealkylation sites (tertiary alicyclic amines) is 1. The van der Waals surface area contributed by atoms with Gasteiger partial charge in [-0.2, -0.15) is 0 Å². The highest BCUT2D eigenvalue weighted by atomic mass is 16.3. The largest absolute Gasteiger partial charge is 0.468 e. The van der Waals surface area contributed by atoms with Gasteiger partial charge in [0.2, 0.25) is 0 Å². The van der Waals surface area contributed by atoms with Gasteiger partial charge in [-0.1, -0.05) is 0 Å². The highest BCUT2D eigenvalue weighted by molar-refractivity contribution is 5.75. The Morgan fingerprint density at radius 1 is 1.33 bits per heavy atom. The number of hydrogen-bond donors (Lipinski definition) is 0. The highest BCUT2D eigenvalue weighted by Crippen LogP contribution is 2.20. The lowest BCUT2D eigenvalue weighted by Crippen LogP contribution is -2.38. The van der Waals surface area contributed by atoms with Crippen LogP contribution in [0.1, 0.15) is 18.6 Å². The monoisotopic (exact) mass is 324 g/mol. The van der Waals surface area contributed by atoms with Gasteiger partial charge in [0.05, 0.1) is 36.2 Å². The van der Waals surface area contributed by atoms with Crippen molar-refractivity contribution in [2.45, 2.75) is 25.9 Å². The Labute approximate surface area is 139 Å². The lowest BCUT2D eigenvalue weighted by Gasteiger charge is -2.32. The Hall–Kier alpha value is -2.47. The van der Waals surface area contributed by atoms with Crippen LogP contribution >= 0.6 is 0 Å². The van der Waals surface area contributed by atoms with E-state index in [9.17, 15) is 4.79 Å². The van der Waals surface area contributed by atoms with Crippen molar-refractivity contribution in [2.75, 3.05) is 13.1 Å². The van der Waals surface area contributed by atoms with Gasteiger partial charge in [0, 0.05) is 19.3 Å². The maximum absolute atomic E-state index is 12.6. The molecular weight excluding hydrogens is 304 g/mol. The molecular formula is C18H20N4O2. The predicted octanol–water partition coefficient (Wildman–Crippen LogP) is 2.30. The van der Waals surface area contributed by atoms with Gasteiger partial charge in [0.1, 0.15) is 5.76 Å². The summed E-state index contributed by atoms with van der Waals surface area (Å²) in [5.74, 6) is 1.44. The summed E-state index contributed by atoms with van der Waals surface area (Å²) in [5, 5.41) is 0.635. The number of furan rings is 1. The van der Waals surface area contributed by atoms with Crippen LogP contribution in [0.2, 0.25) is 0 Å². The van der Waals surface area contributed by atoms with Crippen molar-refractivity contribution in [3.63, 3.8) is 0 Å². The van der Waals surface area contributed by atoms with Gasteiger partial charge in [-0.15, -0.1) is 0 Å². The van der Waals surface area contributed by atoms with Crippen LogP contribution in [-0.2, 0) is 13.1 Å². The van der Waals surface area contributed by atoms with E-state index in [0.717, 1.165) is 38.2 Å². The fourth-order valence-electron chi connectivity index (χ4n) is 3.48. The first-order valence-electron chi connectivity index (χ1n) is 8.33. The Morgan fingerprint density at radius 3 is 3.17 bits per heavy atom. The summed E-state index contributed by atoms with van der Waals surface area (Å²) >= 11 is 0. The van der Waals surface area contributed by atoms with Crippen LogP contribution in [0.25, 0.3) is 10.9 Å². The van der Waals surface area contributed by atoms with Crippen molar-refractivity contribution in [2.24, 2.45) is 5.92 Å². The molecule has 0 radical (unpaired) electrons. The number of fused-ring (bicyclic) bond motifs is 1. The van der Waals surface area contributed by atoms with E-state index < -0.39 is 0 Å². The van der Waals surface area contributed by atoms with Gasteiger partial charge < -0.3 is 4.42 Å². The minimum atomic E-state index is 0.0190. The minimum Gasteiger partial charge on any atom is -0.468 e. The molecule has 3 aromatic heterocycles. The third kappa shape index (κ3) is 3.10. The molecule has 0 spiro atoms. The molecule has 24 heavy (non-hydrogen) atoms. The molecule has 0 N–H and O–H groups in total. The lowest BCUT2D eigenvalue weighted by molar-refractivity contribution is 0.146. The second-order valence-electron chi connectivity index (χ2n) is 6.42. The second kappa shape index (κ2) is 6.57. The van der Waals surface area contributed by atoms with Crippen LogP contribution in [0.15, 0.2) is 52.4 Å². The van der Waals surface area contributed by atoms with E-state index in [4.69, 9.17) is 4.42 Å². The molecule has 6 nitrogen and oxygen atoms in total. The third-order valence-electron chi connectivity index (χ3n) is 4.65. The topological polar surface area (TPSA) is 64.2 Å². The zero-order chi connectivity index (χ0) is 16.4. The van der Waals surface area contributed by atoms with E-state index >= 15 is 0 Å². The van der Waals surface area contributed by atoms with Crippen molar-refractivity contribution in [3.8, 4) is 0 Å². The summed E-state index contributed by atoms with van der Waals surface area (Å²) in [6.45, 7) is 3.59. The zero-order valence-corrected chi connectivity index (χ0v) is 13.5. The lowest BCUT2D eigenvalue weighted by atomic mass is 9.98. The molecule has 6 heteroatoms. The fraction of sp³-hybridized carbons (Fsp3) is 0.389. The molecule has 0 saturated carbocycles. The first-order chi connectivity index (χ1) is 11.8. The van der Waals surface area contributed by atoms with Gasteiger partial charge in [0.15, 0.2) is 0 Å². The van der Waals surface area contributed by atoms with Crippen molar-refractivity contribution in [1.29, 1.82) is 0 Å². The molecule has 1 aliphatic rings. The smallest absolute Gasteiger partial charge is 0.261 e. The van der Waals surface area contributed by atoms with Crippen LogP contribution in [0.5, 0.6) is 0 Å². The molecule has 124 valence electrons. The molecule has 0 aliphatic carbocycles. The normalized spacial score (nSPS) is 18.9. The number of piperidine rings is 1. The molecule has 4 rings (SSSR count). The maximum Gasteiger partial charge on any atom is 0.261 e. The Bertz CT molecular complexity index is 872. The Balaban J connectivity index is 1.48. The average Bonchev–Trinajstić information content (AvgIpc) is 3.11. The SMILES string of the molecule is O=c1c2ccncc2ncn1C[C@@H]1CCCN(Cc2ccco2)C1. The molecule has 1 saturated heterocycles. The van der Waals surface area contributed by atoms with Gasteiger partial charge >= 0.3 is 0 Å². The summed E-state index contributed by atoms with van der Waals surface area (Å²) in [6.07, 6.45) is 8.92. The van der Waals surface area contributed by atoms with E-state index in [1.165, 1.54) is 0 Å². The third-order valence-corrected chi connectivity index (χ3v) is 4.65. The average molecular weight is 324 g/mol. The van der Waals surface area contributed by atoms with Crippen LogP contribution in [0.4, 0.5) is 0 Å². The number of nitrogens with zero attached hydrogens (tertiary/aromatic N) is 4. The van der Waals surface area contributed by atoms with E-state index in [1.807, 2.05) is 12.1 Å². The van der Waals surface area contributed by atoms with Crippen molar-refractivity contribution < 1.29 is 4.42 Å². The standard InChI is InChI=1S/C18H20N4O2/c23-18-16-5-6-19-9-17(16)20-13-22(18)11-14-3-1-7-21(10-14)12-15-4-2-8-24-15/h2,4-6,8-9,13-14H,1,3,7,10-12H2/t14-/m1/s1. The summed E-state index contributed by atoms with van der Waals surface area (Å²) in [5.41, 5.74) is 0.674. The first-order valence-corrected chi connectivity index (χ1v) is 8.33. The quantitative estimate of drug-likeness (QED) is 0.737. The van der Waals surface area contributed by atoms with Gasteiger partial charge in [0.25, 0.3) is 5.56 Å². The molecule has 3 aromatic rings. The van der Waals surface area contributed by atoms with Gasteiger partial charge in [-0.3, -0.25) is 19.2 Å². The molecule has 4 heterocycles. The zero-order valence-electron chi connectivity index (χ0n) is 13.5. The maximum atomic E-state index is 12.6. The van der Waals surface area contributed by atoms with Crippen LogP contribution in [0.3, 0.4) is 0 Å². The number of pyridine rings is 1. The van der Waals surface area contributed by atoms with E-state index in [2.05, 4.69) is 14.9 Å². The molecule has 0 amide bonds. The van der Waals surface area contributed by atoms with Gasteiger partial charge in [-0.05, 0) is 43.5 Å². The van der Waals surface area contributed by atoms with E-state index in [1.54, 1.807) is 35.6 Å². The molecule has 1 fully saturated rings. The van der Waals surface area contributed by atoms with Crippen LogP contribution in [-0.4, -0.2) is 32.5 Å². The Kier molecular flexibility index (Phi) is 4.13. The summed E-state index contributed by atoms with van der Waals surface area (Å²) in [6, 6.07) is 5.67. The summed E-state index contributed by atoms with van der Waals surface area (Å²) in [7, 11) is 0.